The standard InChI is InChI=1S/C33H37ClN6O3/c1-33(2,3)43-32(42)40-15-7-10-27(40)28(23-11-13-24(34)14-12-23)31(41)39-18-16-38(17-19-39)29-25(22-8-5-4-6-9-22)20-35-30-26(29)21-36-37-30/h4-6,8-9,11-14,20-21,27-28H,7,10,15-19H2,1-3H3,(H,35,36,37)/t27?,28-/m0/s1. The van der Waals surface area contributed by atoms with E-state index >= 15 is 0 Å². The number of nitrogens with zero attached hydrogens (tertiary/aromatic N) is 5. The van der Waals surface area contributed by atoms with Crippen molar-refractivity contribution in [2.75, 3.05) is 37.6 Å². The molecule has 2 fully saturated rings. The molecule has 2 saturated heterocycles. The molecule has 224 valence electrons. The quantitative estimate of drug-likeness (QED) is 0.297. The monoisotopic (exact) mass is 600 g/mol. The van der Waals surface area contributed by atoms with Gasteiger partial charge in [0, 0.05) is 49.5 Å². The number of carbonyl (C=O) groups excluding carboxylic acids is 2. The van der Waals surface area contributed by atoms with Crippen LogP contribution in [0.25, 0.3) is 22.2 Å². The van der Waals surface area contributed by atoms with Gasteiger partial charge in [0.05, 0.1) is 29.2 Å². The molecule has 43 heavy (non-hydrogen) atoms. The van der Waals surface area contributed by atoms with Crippen molar-refractivity contribution < 1.29 is 14.3 Å². The smallest absolute Gasteiger partial charge is 0.410 e. The fourth-order valence-electron chi connectivity index (χ4n) is 6.29. The molecule has 0 aliphatic carbocycles. The van der Waals surface area contributed by atoms with Gasteiger partial charge in [0.25, 0.3) is 0 Å². The van der Waals surface area contributed by atoms with Gasteiger partial charge in [-0.05, 0) is 56.9 Å². The maximum atomic E-state index is 14.4. The van der Waals surface area contributed by atoms with Crippen molar-refractivity contribution in [3.8, 4) is 11.1 Å². The molecule has 4 aromatic rings. The van der Waals surface area contributed by atoms with E-state index in [-0.39, 0.29) is 18.0 Å². The minimum atomic E-state index is -0.619. The Morgan fingerprint density at radius 2 is 1.70 bits per heavy atom. The van der Waals surface area contributed by atoms with Crippen LogP contribution >= 0.6 is 11.6 Å². The van der Waals surface area contributed by atoms with Gasteiger partial charge in [0.1, 0.15) is 5.60 Å². The summed E-state index contributed by atoms with van der Waals surface area (Å²) >= 11 is 6.22. The first kappa shape index (κ1) is 29.0. The van der Waals surface area contributed by atoms with Gasteiger partial charge in [0.15, 0.2) is 5.65 Å². The summed E-state index contributed by atoms with van der Waals surface area (Å²) in [7, 11) is 0. The van der Waals surface area contributed by atoms with E-state index in [2.05, 4.69) is 32.2 Å². The normalized spacial score (nSPS) is 18.2. The first-order valence-electron chi connectivity index (χ1n) is 14.9. The number of ether oxygens (including phenoxy) is 1. The van der Waals surface area contributed by atoms with E-state index in [1.165, 1.54) is 0 Å². The lowest BCUT2D eigenvalue weighted by molar-refractivity contribution is -0.134. The molecule has 4 heterocycles. The SMILES string of the molecule is CC(C)(C)OC(=O)N1CCCC1[C@@H](C(=O)N1CCN(c2c(-c3ccccc3)cnc3[nH]ncc23)CC1)c1ccc(Cl)cc1. The number of H-pyrrole nitrogens is 1. The fourth-order valence-corrected chi connectivity index (χ4v) is 6.41. The Hall–Kier alpha value is -4.11. The fraction of sp³-hybridized carbons (Fsp3) is 0.394. The summed E-state index contributed by atoms with van der Waals surface area (Å²) in [5.41, 5.74) is 4.16. The van der Waals surface area contributed by atoms with Crippen molar-refractivity contribution in [3.05, 3.63) is 77.6 Å². The Bertz CT molecular complexity index is 1590. The molecular formula is C33H37ClN6O3. The number of benzene rings is 2. The number of likely N-dealkylation sites (tertiary alicyclic amines) is 1. The van der Waals surface area contributed by atoms with Crippen molar-refractivity contribution in [2.24, 2.45) is 0 Å². The predicted octanol–water partition coefficient (Wildman–Crippen LogP) is 6.11. The third-order valence-corrected chi connectivity index (χ3v) is 8.50. The van der Waals surface area contributed by atoms with E-state index in [1.807, 2.05) is 80.5 Å². The summed E-state index contributed by atoms with van der Waals surface area (Å²) < 4.78 is 5.74. The Kier molecular flexibility index (Phi) is 8.01. The number of halogens is 1. The third-order valence-electron chi connectivity index (χ3n) is 8.25. The topological polar surface area (TPSA) is 94.7 Å². The summed E-state index contributed by atoms with van der Waals surface area (Å²) in [6, 6.07) is 17.4. The van der Waals surface area contributed by atoms with Gasteiger partial charge < -0.3 is 19.4 Å². The molecule has 2 atom stereocenters. The summed E-state index contributed by atoms with van der Waals surface area (Å²) in [5.74, 6) is -0.492. The molecular weight excluding hydrogens is 564 g/mol. The molecule has 6 rings (SSSR count). The van der Waals surface area contributed by atoms with Gasteiger partial charge in [-0.15, -0.1) is 0 Å². The van der Waals surface area contributed by atoms with Crippen LogP contribution in [0.2, 0.25) is 5.02 Å². The highest BCUT2D eigenvalue weighted by Crippen LogP contribution is 2.38. The van der Waals surface area contributed by atoms with Crippen LogP contribution in [0.15, 0.2) is 67.0 Å². The lowest BCUT2D eigenvalue weighted by atomic mass is 9.88. The highest BCUT2D eigenvalue weighted by atomic mass is 35.5. The van der Waals surface area contributed by atoms with Crippen LogP contribution in [-0.2, 0) is 9.53 Å². The minimum Gasteiger partial charge on any atom is -0.444 e. The van der Waals surface area contributed by atoms with Crippen molar-refractivity contribution in [1.82, 2.24) is 25.0 Å². The average Bonchev–Trinajstić information content (AvgIpc) is 3.68. The minimum absolute atomic E-state index is 0.0221. The Labute approximate surface area is 256 Å². The highest BCUT2D eigenvalue weighted by molar-refractivity contribution is 6.30. The maximum absolute atomic E-state index is 14.4. The van der Waals surface area contributed by atoms with Crippen LogP contribution in [0.3, 0.4) is 0 Å². The number of hydrogen-bond acceptors (Lipinski definition) is 6. The van der Waals surface area contributed by atoms with Crippen LogP contribution in [0, 0.1) is 0 Å². The summed E-state index contributed by atoms with van der Waals surface area (Å²) in [4.78, 5) is 38.2. The number of aromatic nitrogens is 3. The molecule has 2 aromatic carbocycles. The summed E-state index contributed by atoms with van der Waals surface area (Å²) in [5, 5.41) is 8.82. The van der Waals surface area contributed by atoms with Gasteiger partial charge in [-0.25, -0.2) is 9.78 Å². The van der Waals surface area contributed by atoms with Crippen molar-refractivity contribution in [2.45, 2.75) is 51.2 Å². The van der Waals surface area contributed by atoms with E-state index in [1.54, 1.807) is 4.90 Å². The van der Waals surface area contributed by atoms with Gasteiger partial charge in [0.2, 0.25) is 5.91 Å². The Balaban J connectivity index is 1.26. The molecule has 2 aliphatic rings. The number of rotatable bonds is 5. The van der Waals surface area contributed by atoms with E-state index in [9.17, 15) is 9.59 Å². The van der Waals surface area contributed by atoms with Gasteiger partial charge in [-0.1, -0.05) is 54.1 Å². The second kappa shape index (κ2) is 11.9. The molecule has 0 bridgehead atoms. The molecule has 10 heteroatoms. The van der Waals surface area contributed by atoms with E-state index < -0.39 is 11.5 Å². The Morgan fingerprint density at radius 1 is 0.977 bits per heavy atom. The van der Waals surface area contributed by atoms with E-state index in [4.69, 9.17) is 16.3 Å². The zero-order valence-electron chi connectivity index (χ0n) is 24.8. The number of anilines is 1. The van der Waals surface area contributed by atoms with E-state index in [0.29, 0.717) is 37.7 Å². The van der Waals surface area contributed by atoms with Crippen molar-refractivity contribution in [3.63, 3.8) is 0 Å². The molecule has 2 aromatic heterocycles. The number of amides is 2. The molecule has 2 aliphatic heterocycles. The number of carbonyl (C=O) groups is 2. The third kappa shape index (κ3) is 6.04. The van der Waals surface area contributed by atoms with Crippen molar-refractivity contribution in [1.29, 1.82) is 0 Å². The molecule has 9 nitrogen and oxygen atoms in total. The van der Waals surface area contributed by atoms with Crippen LogP contribution in [0.5, 0.6) is 0 Å². The number of nitrogens with one attached hydrogen (secondary N) is 1. The van der Waals surface area contributed by atoms with E-state index in [0.717, 1.165) is 46.3 Å². The molecule has 1 N–H and O–H groups in total. The number of piperazine rings is 1. The molecule has 0 saturated carbocycles. The number of hydrogen-bond donors (Lipinski definition) is 1. The lowest BCUT2D eigenvalue weighted by Gasteiger charge is -2.40. The first-order valence-corrected chi connectivity index (χ1v) is 15.2. The molecule has 2 amide bonds. The summed E-state index contributed by atoms with van der Waals surface area (Å²) in [6.45, 7) is 8.57. The van der Waals surface area contributed by atoms with Gasteiger partial charge in [-0.2, -0.15) is 5.10 Å². The van der Waals surface area contributed by atoms with Gasteiger partial charge in [-0.3, -0.25) is 9.89 Å². The molecule has 0 radical (unpaired) electrons. The first-order chi connectivity index (χ1) is 20.7. The zero-order valence-corrected chi connectivity index (χ0v) is 25.6. The number of pyridine rings is 1. The lowest BCUT2D eigenvalue weighted by Crippen LogP contribution is -2.53. The number of fused-ring (bicyclic) bond motifs is 1. The number of aromatic amines is 1. The summed E-state index contributed by atoms with van der Waals surface area (Å²) in [6.07, 6.45) is 4.89. The van der Waals surface area contributed by atoms with Crippen LogP contribution in [0.4, 0.5) is 10.5 Å². The highest BCUT2D eigenvalue weighted by Gasteiger charge is 2.43. The van der Waals surface area contributed by atoms with Crippen molar-refractivity contribution >= 4 is 40.3 Å². The van der Waals surface area contributed by atoms with Crippen LogP contribution in [0.1, 0.15) is 45.1 Å². The molecule has 0 spiro atoms. The zero-order chi connectivity index (χ0) is 30.1. The molecule has 1 unspecified atom stereocenters. The second-order valence-corrected chi connectivity index (χ2v) is 12.7. The van der Waals surface area contributed by atoms with Gasteiger partial charge >= 0.3 is 6.09 Å². The van der Waals surface area contributed by atoms with Crippen LogP contribution in [-0.4, -0.2) is 81.3 Å². The largest absolute Gasteiger partial charge is 0.444 e. The second-order valence-electron chi connectivity index (χ2n) is 12.2. The predicted molar refractivity (Wildman–Crippen MR) is 168 cm³/mol. The average molecular weight is 601 g/mol. The van der Waals surface area contributed by atoms with Crippen LogP contribution < -0.4 is 4.90 Å². The Morgan fingerprint density at radius 3 is 2.40 bits per heavy atom. The maximum Gasteiger partial charge on any atom is 0.410 e.